The van der Waals surface area contributed by atoms with Crippen molar-refractivity contribution in [3.8, 4) is 11.9 Å². The van der Waals surface area contributed by atoms with E-state index < -0.39 is 0 Å². The third kappa shape index (κ3) is 2.60. The van der Waals surface area contributed by atoms with E-state index in [4.69, 9.17) is 15.7 Å². The highest BCUT2D eigenvalue weighted by Gasteiger charge is 2.10. The normalized spacial score (nSPS) is 10.0. The first-order chi connectivity index (χ1) is 6.13. The number of nitrogen functional groups attached to an aromatic ring is 1. The number of aromatic nitrogens is 1. The molecule has 0 unspecified atom stereocenters. The van der Waals surface area contributed by atoms with Gasteiger partial charge in [-0.05, 0) is 5.92 Å². The Morgan fingerprint density at radius 3 is 2.92 bits per heavy atom. The molecule has 0 fully saturated rings. The molecule has 4 nitrogen and oxygen atoms in total. The van der Waals surface area contributed by atoms with E-state index in [9.17, 15) is 0 Å². The van der Waals surface area contributed by atoms with E-state index in [1.165, 1.54) is 0 Å². The van der Waals surface area contributed by atoms with E-state index in [2.05, 4.69) is 4.98 Å². The van der Waals surface area contributed by atoms with Gasteiger partial charge in [-0.3, -0.25) is 0 Å². The molecule has 1 heterocycles. The highest BCUT2D eigenvalue weighted by atomic mass is 32.1. The summed E-state index contributed by atoms with van der Waals surface area (Å²) in [5.74, 6) is 0.771. The van der Waals surface area contributed by atoms with Gasteiger partial charge in [0.05, 0.1) is 6.61 Å². The standard InChI is InChI=1S/C8H11N3OS/c1-5(2)4-12-7-6(3-9)13-8(10)11-7/h5H,4H2,1-2H3,(H2,10,11). The third-order valence-electron chi connectivity index (χ3n) is 1.27. The lowest BCUT2D eigenvalue weighted by molar-refractivity contribution is 0.262. The van der Waals surface area contributed by atoms with Gasteiger partial charge in [0.2, 0.25) is 5.88 Å². The Balaban J connectivity index is 2.71. The van der Waals surface area contributed by atoms with Crippen molar-refractivity contribution in [2.45, 2.75) is 13.8 Å². The number of nitrogens with two attached hydrogens (primary N) is 1. The van der Waals surface area contributed by atoms with E-state index in [0.717, 1.165) is 11.3 Å². The molecule has 0 aliphatic heterocycles. The maximum Gasteiger partial charge on any atom is 0.245 e. The molecule has 70 valence electrons. The fraction of sp³-hybridized carbons (Fsp3) is 0.500. The third-order valence-corrected chi connectivity index (χ3v) is 2.04. The molecule has 0 radical (unpaired) electrons. The molecule has 2 N–H and O–H groups in total. The topological polar surface area (TPSA) is 71.9 Å². The minimum absolute atomic E-state index is 0.360. The van der Waals surface area contributed by atoms with Crippen LogP contribution in [0.5, 0.6) is 5.88 Å². The summed E-state index contributed by atoms with van der Waals surface area (Å²) in [5.41, 5.74) is 5.44. The van der Waals surface area contributed by atoms with Gasteiger partial charge in [0, 0.05) is 0 Å². The zero-order chi connectivity index (χ0) is 9.84. The van der Waals surface area contributed by atoms with Crippen LogP contribution in [-0.4, -0.2) is 11.6 Å². The van der Waals surface area contributed by atoms with Gasteiger partial charge < -0.3 is 10.5 Å². The van der Waals surface area contributed by atoms with Crippen LogP contribution in [0.4, 0.5) is 5.13 Å². The molecule has 0 saturated carbocycles. The second-order valence-corrected chi connectivity index (χ2v) is 4.03. The van der Waals surface area contributed by atoms with Crippen molar-refractivity contribution >= 4 is 16.5 Å². The average molecular weight is 197 g/mol. The largest absolute Gasteiger partial charge is 0.476 e. The molecule has 0 bridgehead atoms. The molecule has 5 heteroatoms. The van der Waals surface area contributed by atoms with Crippen molar-refractivity contribution in [3.05, 3.63) is 4.88 Å². The summed E-state index contributed by atoms with van der Waals surface area (Å²) in [7, 11) is 0. The molecular formula is C8H11N3OS. The molecule has 0 aliphatic carbocycles. The van der Waals surface area contributed by atoms with Crippen LogP contribution in [0.2, 0.25) is 0 Å². The van der Waals surface area contributed by atoms with Crippen molar-refractivity contribution in [2.75, 3.05) is 12.3 Å². The van der Waals surface area contributed by atoms with Crippen LogP contribution < -0.4 is 10.5 Å². The monoisotopic (exact) mass is 197 g/mol. The number of thiazole rings is 1. The Morgan fingerprint density at radius 1 is 1.69 bits per heavy atom. The SMILES string of the molecule is CC(C)COc1nc(N)sc1C#N. The van der Waals surface area contributed by atoms with Crippen LogP contribution >= 0.6 is 11.3 Å². The quantitative estimate of drug-likeness (QED) is 0.799. The highest BCUT2D eigenvalue weighted by molar-refractivity contribution is 7.16. The summed E-state index contributed by atoms with van der Waals surface area (Å²) < 4.78 is 5.31. The molecule has 1 aromatic rings. The van der Waals surface area contributed by atoms with Gasteiger partial charge in [-0.15, -0.1) is 0 Å². The van der Waals surface area contributed by atoms with E-state index in [-0.39, 0.29) is 0 Å². The highest BCUT2D eigenvalue weighted by Crippen LogP contribution is 2.25. The number of hydrogen-bond acceptors (Lipinski definition) is 5. The maximum absolute atomic E-state index is 8.68. The zero-order valence-electron chi connectivity index (χ0n) is 7.57. The smallest absolute Gasteiger partial charge is 0.245 e. The van der Waals surface area contributed by atoms with Crippen molar-refractivity contribution in [1.29, 1.82) is 5.26 Å². The van der Waals surface area contributed by atoms with E-state index in [0.29, 0.717) is 28.4 Å². The molecule has 13 heavy (non-hydrogen) atoms. The molecule has 0 amide bonds. The summed E-state index contributed by atoms with van der Waals surface area (Å²) >= 11 is 1.15. The number of nitrogens with zero attached hydrogens (tertiary/aromatic N) is 2. The molecule has 0 spiro atoms. The zero-order valence-corrected chi connectivity index (χ0v) is 8.39. The van der Waals surface area contributed by atoms with E-state index in [1.807, 2.05) is 19.9 Å². The molecule has 0 aromatic carbocycles. The molecule has 1 rings (SSSR count). The van der Waals surface area contributed by atoms with Gasteiger partial charge in [0.25, 0.3) is 0 Å². The van der Waals surface area contributed by atoms with Gasteiger partial charge >= 0.3 is 0 Å². The summed E-state index contributed by atoms with van der Waals surface area (Å²) in [4.78, 5) is 4.35. The summed E-state index contributed by atoms with van der Waals surface area (Å²) in [5, 5.41) is 9.05. The number of nitriles is 1. The van der Waals surface area contributed by atoms with Gasteiger partial charge in [-0.1, -0.05) is 25.2 Å². The molecular weight excluding hydrogens is 186 g/mol. The van der Waals surface area contributed by atoms with Crippen molar-refractivity contribution in [1.82, 2.24) is 4.98 Å². The van der Waals surface area contributed by atoms with Crippen LogP contribution in [0.15, 0.2) is 0 Å². The van der Waals surface area contributed by atoms with Gasteiger partial charge in [0.1, 0.15) is 6.07 Å². The lowest BCUT2D eigenvalue weighted by atomic mass is 10.2. The molecule has 1 aromatic heterocycles. The molecule has 0 aliphatic rings. The first-order valence-electron chi connectivity index (χ1n) is 3.92. The number of anilines is 1. The molecule has 0 saturated heterocycles. The summed E-state index contributed by atoms with van der Waals surface area (Å²) in [6.07, 6.45) is 0. The fourth-order valence-corrected chi connectivity index (χ4v) is 1.31. The lowest BCUT2D eigenvalue weighted by Gasteiger charge is -2.04. The van der Waals surface area contributed by atoms with Crippen LogP contribution in [0.1, 0.15) is 18.7 Å². The van der Waals surface area contributed by atoms with Crippen molar-refractivity contribution in [2.24, 2.45) is 5.92 Å². The average Bonchev–Trinajstić information content (AvgIpc) is 2.42. The maximum atomic E-state index is 8.68. The minimum atomic E-state index is 0.360. The summed E-state index contributed by atoms with van der Waals surface area (Å²) in [6, 6.07) is 1.99. The van der Waals surface area contributed by atoms with Crippen LogP contribution in [0, 0.1) is 17.2 Å². The van der Waals surface area contributed by atoms with Crippen LogP contribution in [0.3, 0.4) is 0 Å². The van der Waals surface area contributed by atoms with E-state index >= 15 is 0 Å². The Labute approximate surface area is 81.0 Å². The predicted molar refractivity (Wildman–Crippen MR) is 51.6 cm³/mol. The van der Waals surface area contributed by atoms with Crippen molar-refractivity contribution < 1.29 is 4.74 Å². The second kappa shape index (κ2) is 4.10. The minimum Gasteiger partial charge on any atom is -0.476 e. The first-order valence-corrected chi connectivity index (χ1v) is 4.74. The van der Waals surface area contributed by atoms with E-state index in [1.54, 1.807) is 0 Å². The number of ether oxygens (including phenoxy) is 1. The Kier molecular flexibility index (Phi) is 3.09. The van der Waals surface area contributed by atoms with Gasteiger partial charge in [-0.2, -0.15) is 10.2 Å². The first kappa shape index (κ1) is 9.81. The lowest BCUT2D eigenvalue weighted by Crippen LogP contribution is -2.05. The number of hydrogen-bond donors (Lipinski definition) is 1. The Bertz CT molecular complexity index is 327. The molecule has 0 atom stereocenters. The summed E-state index contributed by atoms with van der Waals surface area (Å²) in [6.45, 7) is 4.61. The second-order valence-electron chi connectivity index (χ2n) is 3.00. The Hall–Kier alpha value is -1.28. The van der Waals surface area contributed by atoms with Crippen molar-refractivity contribution in [3.63, 3.8) is 0 Å². The number of rotatable bonds is 3. The van der Waals surface area contributed by atoms with Gasteiger partial charge in [0.15, 0.2) is 10.0 Å². The Morgan fingerprint density at radius 2 is 2.38 bits per heavy atom. The van der Waals surface area contributed by atoms with Crippen LogP contribution in [0.25, 0.3) is 0 Å². The van der Waals surface area contributed by atoms with Gasteiger partial charge in [-0.25, -0.2) is 0 Å². The predicted octanol–water partition coefficient (Wildman–Crippen LogP) is 1.63. The fourth-order valence-electron chi connectivity index (χ4n) is 0.736. The van der Waals surface area contributed by atoms with Crippen LogP contribution in [-0.2, 0) is 0 Å².